The quantitative estimate of drug-likeness (QED) is 0.0823. The average molecular weight is 853 g/mol. The van der Waals surface area contributed by atoms with Gasteiger partial charge >= 0.3 is 17.1 Å². The topological polar surface area (TPSA) is 25.8 Å². The van der Waals surface area contributed by atoms with E-state index in [0.717, 1.165) is 35.5 Å². The summed E-state index contributed by atoms with van der Waals surface area (Å²) in [4.78, 5) is 9.52. The molecule has 8 aliphatic rings. The number of pyridine rings is 2. The Kier molecular flexibility index (Phi) is 11.0. The summed E-state index contributed by atoms with van der Waals surface area (Å²) in [6.07, 6.45) is 27.6. The number of aromatic nitrogens is 2. The largest absolute Gasteiger partial charge is 2.00 e. The molecule has 302 valence electrons. The molecular weight excluding hydrogens is 794 g/mol. The van der Waals surface area contributed by atoms with E-state index < -0.39 is 5.16 Å². The first kappa shape index (κ1) is 39.9. The van der Waals surface area contributed by atoms with Crippen LogP contribution in [0.3, 0.4) is 0 Å². The molecule has 8 bridgehead atoms. The average Bonchev–Trinajstić information content (AvgIpc) is 3.96. The monoisotopic (exact) mass is 852 g/mol. The maximum absolute atomic E-state index is 4.76. The van der Waals surface area contributed by atoms with Crippen LogP contribution in [-0.4, -0.2) is 20.3 Å². The van der Waals surface area contributed by atoms with Crippen molar-refractivity contribution in [3.8, 4) is 22.3 Å². The van der Waals surface area contributed by atoms with E-state index in [0.29, 0.717) is 10.3 Å². The van der Waals surface area contributed by atoms with Gasteiger partial charge in [0.25, 0.3) is 0 Å². The molecule has 2 heterocycles. The van der Waals surface area contributed by atoms with Gasteiger partial charge in [0.1, 0.15) is 0 Å². The summed E-state index contributed by atoms with van der Waals surface area (Å²) in [6, 6.07) is 44.3. The number of nitrogens with zero attached hydrogens (tertiary/aromatic N) is 2. The molecule has 1 unspecified atom stereocenters. The molecule has 8 saturated carbocycles. The van der Waals surface area contributed by atoms with Gasteiger partial charge in [-0.05, 0) is 152 Å². The Hall–Kier alpha value is -3.18. The molecular formula is C54H58FeN2P2. The van der Waals surface area contributed by atoms with Crippen LogP contribution in [0.15, 0.2) is 146 Å². The van der Waals surface area contributed by atoms with Gasteiger partial charge in [-0.1, -0.05) is 96.4 Å². The summed E-state index contributed by atoms with van der Waals surface area (Å²) in [7, 11) is 3.14. The van der Waals surface area contributed by atoms with Crippen molar-refractivity contribution in [3.05, 3.63) is 168 Å². The molecule has 0 radical (unpaired) electrons. The Bertz CT molecular complexity index is 2130. The van der Waals surface area contributed by atoms with Gasteiger partial charge in [0.05, 0.1) is 0 Å². The van der Waals surface area contributed by atoms with Gasteiger partial charge in [-0.2, -0.15) is 18.2 Å². The molecule has 2 nitrogen and oxygen atoms in total. The molecule has 4 aromatic carbocycles. The smallest absolute Gasteiger partial charge is 0.264 e. The molecule has 0 saturated heterocycles. The summed E-state index contributed by atoms with van der Waals surface area (Å²) < 4.78 is 0. The van der Waals surface area contributed by atoms with Gasteiger partial charge in [0, 0.05) is 29.9 Å². The fourth-order valence-electron chi connectivity index (χ4n) is 14.7. The summed E-state index contributed by atoms with van der Waals surface area (Å²) >= 11 is 0. The minimum Gasteiger partial charge on any atom is -0.264 e. The van der Waals surface area contributed by atoms with Crippen LogP contribution < -0.4 is 0 Å². The molecule has 5 heteroatoms. The Morgan fingerprint density at radius 3 is 1.47 bits per heavy atom. The van der Waals surface area contributed by atoms with Gasteiger partial charge in [0.2, 0.25) is 0 Å². The molecule has 59 heavy (non-hydrogen) atoms. The van der Waals surface area contributed by atoms with Crippen LogP contribution in [0.1, 0.15) is 99.3 Å². The van der Waals surface area contributed by atoms with E-state index in [1.807, 2.05) is 42.7 Å². The molecule has 0 amide bonds. The van der Waals surface area contributed by atoms with Gasteiger partial charge in [-0.15, -0.1) is 33.0 Å². The first-order valence-electron chi connectivity index (χ1n) is 22.5. The van der Waals surface area contributed by atoms with E-state index in [2.05, 4.69) is 113 Å². The van der Waals surface area contributed by atoms with Crippen molar-refractivity contribution in [1.82, 2.24) is 9.97 Å². The zero-order chi connectivity index (χ0) is 38.7. The van der Waals surface area contributed by atoms with Gasteiger partial charge in [0.15, 0.2) is 0 Å². The summed E-state index contributed by atoms with van der Waals surface area (Å²) in [6.45, 7) is 0. The number of hydrogen-bond donors (Lipinski definition) is 0. The zero-order valence-electron chi connectivity index (χ0n) is 34.3. The van der Waals surface area contributed by atoms with Gasteiger partial charge in [-0.3, -0.25) is 9.97 Å². The Labute approximate surface area is 367 Å². The number of benzene rings is 2. The molecule has 0 N–H and O–H groups in total. The van der Waals surface area contributed by atoms with Crippen LogP contribution in [-0.2, 0) is 28.4 Å². The van der Waals surface area contributed by atoms with Crippen LogP contribution in [0.25, 0.3) is 22.3 Å². The molecule has 8 fully saturated rings. The molecule has 0 aliphatic heterocycles. The van der Waals surface area contributed by atoms with Crippen LogP contribution in [0.4, 0.5) is 0 Å². The van der Waals surface area contributed by atoms with Gasteiger partial charge < -0.3 is 0 Å². The Balaban J connectivity index is 0.000000655. The van der Waals surface area contributed by atoms with E-state index in [4.69, 9.17) is 9.97 Å². The number of rotatable bonds is 9. The molecule has 1 atom stereocenters. The molecule has 6 aromatic rings. The second-order valence-corrected chi connectivity index (χ2v) is 23.6. The van der Waals surface area contributed by atoms with Crippen LogP contribution in [0, 0.1) is 35.5 Å². The molecule has 14 rings (SSSR count). The second kappa shape index (κ2) is 16.3. The van der Waals surface area contributed by atoms with Crippen molar-refractivity contribution in [3.63, 3.8) is 0 Å². The van der Waals surface area contributed by atoms with Crippen molar-refractivity contribution in [1.29, 1.82) is 0 Å². The predicted octanol–water partition coefficient (Wildman–Crippen LogP) is 14.0. The van der Waals surface area contributed by atoms with Crippen LogP contribution in [0.5, 0.6) is 0 Å². The van der Waals surface area contributed by atoms with Crippen molar-refractivity contribution in [2.75, 3.05) is 0 Å². The first-order valence-corrected chi connectivity index (χ1v) is 24.6. The minimum atomic E-state index is -0.488. The Morgan fingerprint density at radius 2 is 1.07 bits per heavy atom. The Morgan fingerprint density at radius 1 is 0.610 bits per heavy atom. The van der Waals surface area contributed by atoms with E-state index in [1.165, 1.54) is 122 Å². The standard InChI is InChI=1S/C49H53N2P2.C5H5.Fe/c52-49(41-13-7-15-50-30-41,42-14-8-16-51-31-42)45-23-43(39-9-3-1-4-10-39)46(40-11-5-2-6-12-40)44(45)32-53(47-24-33-17-34(25-47)19-35(18-33)26-47)48-27-36-20-37(28-48)22-38(21-36)29-48;1-2-4-5-3-1;/h1-16,23,30-31,33-38H,17-22,24-29,32,52H2;1-5H;/q2*-1;+2. The van der Waals surface area contributed by atoms with Crippen molar-refractivity contribution >= 4 is 17.2 Å². The van der Waals surface area contributed by atoms with E-state index in [1.54, 1.807) is 5.56 Å². The maximum atomic E-state index is 4.76. The summed E-state index contributed by atoms with van der Waals surface area (Å²) in [5.41, 5.74) is 11.1. The normalized spacial score (nSPS) is 30.3. The molecule has 0 spiro atoms. The molecule has 8 aliphatic carbocycles. The minimum absolute atomic E-state index is 0. The zero-order valence-corrected chi connectivity index (χ0v) is 37.4. The number of hydrogen-bond acceptors (Lipinski definition) is 2. The van der Waals surface area contributed by atoms with E-state index in [9.17, 15) is 0 Å². The summed E-state index contributed by atoms with van der Waals surface area (Å²) in [5, 5.41) is 0.590. The van der Waals surface area contributed by atoms with Gasteiger partial charge in [-0.25, -0.2) is 12.1 Å². The van der Waals surface area contributed by atoms with Crippen LogP contribution in [0.2, 0.25) is 0 Å². The molecule has 2 aromatic heterocycles. The maximum Gasteiger partial charge on any atom is 2.00 e. The second-order valence-electron chi connectivity index (χ2n) is 19.7. The summed E-state index contributed by atoms with van der Waals surface area (Å²) in [5.74, 6) is 5.83. The third kappa shape index (κ3) is 7.19. The van der Waals surface area contributed by atoms with E-state index in [-0.39, 0.29) is 25.0 Å². The van der Waals surface area contributed by atoms with Crippen molar-refractivity contribution in [2.24, 2.45) is 35.5 Å². The first-order chi connectivity index (χ1) is 28.5. The fourth-order valence-corrected chi connectivity index (χ4v) is 20.5. The van der Waals surface area contributed by atoms with Crippen LogP contribution >= 0.6 is 17.2 Å². The van der Waals surface area contributed by atoms with Crippen molar-refractivity contribution in [2.45, 2.75) is 98.7 Å². The predicted molar refractivity (Wildman–Crippen MR) is 245 cm³/mol. The third-order valence-electron chi connectivity index (χ3n) is 16.0. The fraction of sp³-hybridized carbons (Fsp3) is 0.407. The third-order valence-corrected chi connectivity index (χ3v) is 21.0. The van der Waals surface area contributed by atoms with Crippen molar-refractivity contribution < 1.29 is 17.1 Å². The SMILES string of the molecule is PC(c1cccnc1)(c1cccnc1)c1cc(-c2ccccc2)[c-](-c2ccccc2)c1CP(C12CC3CC(CC(C3)C1)C2)C12CC3CC(CC(C3)C1)C2.[Fe+2].c1cc[cH-]c1. The van der Waals surface area contributed by atoms with E-state index >= 15 is 0 Å².